The first kappa shape index (κ1) is 22.1. The van der Waals surface area contributed by atoms with E-state index in [1.54, 1.807) is 50.6 Å². The number of hydrogen-bond donors (Lipinski definition) is 0. The fourth-order valence-electron chi connectivity index (χ4n) is 3.51. The maximum Gasteiger partial charge on any atom is 0.338 e. The van der Waals surface area contributed by atoms with Crippen LogP contribution in [0.3, 0.4) is 0 Å². The molecule has 0 aliphatic carbocycles. The van der Waals surface area contributed by atoms with Gasteiger partial charge in [-0.1, -0.05) is 0 Å². The van der Waals surface area contributed by atoms with E-state index in [0.29, 0.717) is 30.1 Å². The SMILES string of the molecule is CCOC(=O)c1ccc(OCC(=O)N2N=C(c3ccc(OC)cc3)C[C@@H]2c2ccco2)cc1. The predicted molar refractivity (Wildman–Crippen MR) is 120 cm³/mol. The third-order valence-electron chi connectivity index (χ3n) is 5.19. The normalized spacial score (nSPS) is 15.2. The molecule has 0 unspecified atom stereocenters. The van der Waals surface area contributed by atoms with Crippen LogP contribution in [0.25, 0.3) is 0 Å². The van der Waals surface area contributed by atoms with Gasteiger partial charge in [-0.25, -0.2) is 9.80 Å². The average Bonchev–Trinajstić information content (AvgIpc) is 3.53. The average molecular weight is 448 g/mol. The third-order valence-corrected chi connectivity index (χ3v) is 5.19. The zero-order valence-corrected chi connectivity index (χ0v) is 18.4. The quantitative estimate of drug-likeness (QED) is 0.479. The van der Waals surface area contributed by atoms with Gasteiger partial charge in [-0.2, -0.15) is 5.10 Å². The highest BCUT2D eigenvalue weighted by atomic mass is 16.5. The van der Waals surface area contributed by atoms with Crippen molar-refractivity contribution in [3.05, 3.63) is 83.8 Å². The minimum Gasteiger partial charge on any atom is -0.497 e. The third kappa shape index (κ3) is 5.06. The van der Waals surface area contributed by atoms with Crippen LogP contribution < -0.4 is 9.47 Å². The highest BCUT2D eigenvalue weighted by Gasteiger charge is 2.35. The Morgan fingerprint density at radius 1 is 1.06 bits per heavy atom. The lowest BCUT2D eigenvalue weighted by atomic mass is 10.0. The van der Waals surface area contributed by atoms with E-state index < -0.39 is 5.97 Å². The number of hydrazone groups is 1. The van der Waals surface area contributed by atoms with Crippen LogP contribution in [0.4, 0.5) is 0 Å². The van der Waals surface area contributed by atoms with Gasteiger partial charge in [0.05, 0.1) is 31.3 Å². The molecule has 2 aromatic carbocycles. The molecule has 4 rings (SSSR count). The monoisotopic (exact) mass is 448 g/mol. The van der Waals surface area contributed by atoms with Crippen LogP contribution >= 0.6 is 0 Å². The van der Waals surface area contributed by atoms with Crippen molar-refractivity contribution in [2.75, 3.05) is 20.3 Å². The van der Waals surface area contributed by atoms with Crippen LogP contribution in [-0.2, 0) is 9.53 Å². The van der Waals surface area contributed by atoms with Crippen molar-refractivity contribution in [2.45, 2.75) is 19.4 Å². The van der Waals surface area contributed by atoms with Gasteiger partial charge in [0, 0.05) is 6.42 Å². The molecule has 0 radical (unpaired) electrons. The van der Waals surface area contributed by atoms with E-state index >= 15 is 0 Å². The number of methoxy groups -OCH3 is 1. The molecule has 0 saturated heterocycles. The molecule has 0 N–H and O–H groups in total. The summed E-state index contributed by atoms with van der Waals surface area (Å²) in [6, 6.07) is 17.2. The molecule has 0 saturated carbocycles. The van der Waals surface area contributed by atoms with E-state index in [1.807, 2.05) is 30.3 Å². The lowest BCUT2D eigenvalue weighted by molar-refractivity contribution is -0.135. The Balaban J connectivity index is 1.47. The fraction of sp³-hybridized carbons (Fsp3) is 0.240. The summed E-state index contributed by atoms with van der Waals surface area (Å²) >= 11 is 0. The molecule has 1 aliphatic rings. The molecule has 1 aromatic heterocycles. The minimum absolute atomic E-state index is 0.213. The summed E-state index contributed by atoms with van der Waals surface area (Å²) < 4.78 is 21.4. The lowest BCUT2D eigenvalue weighted by Crippen LogP contribution is -2.31. The van der Waals surface area contributed by atoms with Gasteiger partial charge < -0.3 is 18.6 Å². The summed E-state index contributed by atoms with van der Waals surface area (Å²) in [5.41, 5.74) is 2.09. The summed E-state index contributed by atoms with van der Waals surface area (Å²) in [5, 5.41) is 5.99. The van der Waals surface area contributed by atoms with Crippen molar-refractivity contribution in [3.63, 3.8) is 0 Å². The smallest absolute Gasteiger partial charge is 0.338 e. The van der Waals surface area contributed by atoms with E-state index in [9.17, 15) is 9.59 Å². The Morgan fingerprint density at radius 2 is 1.79 bits per heavy atom. The van der Waals surface area contributed by atoms with E-state index in [0.717, 1.165) is 17.0 Å². The molecule has 0 bridgehead atoms. The Labute approximate surface area is 191 Å². The van der Waals surface area contributed by atoms with E-state index in [4.69, 9.17) is 18.6 Å². The van der Waals surface area contributed by atoms with Gasteiger partial charge in [0.15, 0.2) is 6.61 Å². The van der Waals surface area contributed by atoms with Crippen molar-refractivity contribution in [1.29, 1.82) is 0 Å². The first-order valence-corrected chi connectivity index (χ1v) is 10.6. The summed E-state index contributed by atoms with van der Waals surface area (Å²) in [7, 11) is 1.61. The molecule has 0 spiro atoms. The number of amides is 1. The van der Waals surface area contributed by atoms with Crippen LogP contribution in [0.1, 0.15) is 41.1 Å². The Kier molecular flexibility index (Phi) is 6.73. The highest BCUT2D eigenvalue weighted by molar-refractivity contribution is 6.03. The minimum atomic E-state index is -0.404. The molecule has 8 nitrogen and oxygen atoms in total. The van der Waals surface area contributed by atoms with E-state index in [-0.39, 0.29) is 18.6 Å². The number of rotatable bonds is 8. The first-order chi connectivity index (χ1) is 16.1. The topological polar surface area (TPSA) is 90.6 Å². The van der Waals surface area contributed by atoms with Gasteiger partial charge in [-0.05, 0) is 73.2 Å². The number of carbonyl (C=O) groups excluding carboxylic acids is 2. The maximum absolute atomic E-state index is 13.0. The fourth-order valence-corrected chi connectivity index (χ4v) is 3.51. The zero-order chi connectivity index (χ0) is 23.2. The number of benzene rings is 2. The Morgan fingerprint density at radius 3 is 2.42 bits per heavy atom. The van der Waals surface area contributed by atoms with E-state index in [1.165, 1.54) is 5.01 Å². The van der Waals surface area contributed by atoms with Crippen LogP contribution in [0.5, 0.6) is 11.5 Å². The number of esters is 1. The molecule has 0 fully saturated rings. The number of ether oxygens (including phenoxy) is 3. The number of hydrogen-bond acceptors (Lipinski definition) is 7. The van der Waals surface area contributed by atoms with Gasteiger partial charge in [0.25, 0.3) is 5.91 Å². The highest BCUT2D eigenvalue weighted by Crippen LogP contribution is 2.33. The van der Waals surface area contributed by atoms with Gasteiger partial charge in [0.2, 0.25) is 0 Å². The summed E-state index contributed by atoms with van der Waals surface area (Å²) in [5.74, 6) is 1.14. The summed E-state index contributed by atoms with van der Waals surface area (Å²) in [6.07, 6.45) is 2.09. The largest absolute Gasteiger partial charge is 0.497 e. The van der Waals surface area contributed by atoms with Crippen LogP contribution in [0.15, 0.2) is 76.4 Å². The number of furan rings is 1. The molecule has 1 atom stereocenters. The number of carbonyl (C=O) groups is 2. The van der Waals surface area contributed by atoms with Gasteiger partial charge in [-0.15, -0.1) is 0 Å². The van der Waals surface area contributed by atoms with Crippen LogP contribution in [0.2, 0.25) is 0 Å². The second-order valence-electron chi connectivity index (χ2n) is 7.28. The zero-order valence-electron chi connectivity index (χ0n) is 18.4. The predicted octanol–water partition coefficient (Wildman–Crippen LogP) is 4.22. The maximum atomic E-state index is 13.0. The van der Waals surface area contributed by atoms with Crippen molar-refractivity contribution < 1.29 is 28.2 Å². The Bertz CT molecular complexity index is 1120. The van der Waals surface area contributed by atoms with Crippen molar-refractivity contribution in [1.82, 2.24) is 5.01 Å². The second-order valence-corrected chi connectivity index (χ2v) is 7.28. The molecule has 8 heteroatoms. The molecule has 33 heavy (non-hydrogen) atoms. The van der Waals surface area contributed by atoms with Crippen molar-refractivity contribution >= 4 is 17.6 Å². The molecular weight excluding hydrogens is 424 g/mol. The van der Waals surface area contributed by atoms with Gasteiger partial charge >= 0.3 is 5.97 Å². The Hall–Kier alpha value is -4.07. The van der Waals surface area contributed by atoms with Gasteiger partial charge in [0.1, 0.15) is 23.3 Å². The summed E-state index contributed by atoms with van der Waals surface area (Å²) in [6.45, 7) is 1.84. The molecule has 3 aromatic rings. The standard InChI is InChI=1S/C25H24N2O6/c1-3-31-25(29)18-8-12-20(13-9-18)33-16-24(28)27-22(23-5-4-14-32-23)15-21(26-27)17-6-10-19(30-2)11-7-17/h4-14,22H,3,15-16H2,1-2H3/t22-/m1/s1. The molecule has 2 heterocycles. The molecule has 1 aliphatic heterocycles. The van der Waals surface area contributed by atoms with Gasteiger partial charge in [-0.3, -0.25) is 4.79 Å². The van der Waals surface area contributed by atoms with Crippen LogP contribution in [-0.4, -0.2) is 42.9 Å². The van der Waals surface area contributed by atoms with Crippen molar-refractivity contribution in [2.24, 2.45) is 5.10 Å². The molecule has 170 valence electrons. The molecule has 1 amide bonds. The number of nitrogens with zero attached hydrogens (tertiary/aromatic N) is 2. The van der Waals surface area contributed by atoms with Crippen molar-refractivity contribution in [3.8, 4) is 11.5 Å². The van der Waals surface area contributed by atoms with Crippen LogP contribution in [0, 0.1) is 0 Å². The summed E-state index contributed by atoms with van der Waals surface area (Å²) in [4.78, 5) is 24.8. The van der Waals surface area contributed by atoms with E-state index in [2.05, 4.69) is 5.10 Å². The lowest BCUT2D eigenvalue weighted by Gasteiger charge is -2.20. The first-order valence-electron chi connectivity index (χ1n) is 10.6. The molecular formula is C25H24N2O6. The second kappa shape index (κ2) is 10.0.